The first kappa shape index (κ1) is 13.2. The number of ether oxygens (including phenoxy) is 2. The van der Waals surface area contributed by atoms with Crippen molar-refractivity contribution in [3.05, 3.63) is 54.1 Å². The molecular formula is C15H16N2O2. The number of nitrogens with zero attached hydrogens (tertiary/aromatic N) is 2. The first-order chi connectivity index (χ1) is 9.38. The largest absolute Gasteiger partial charge is 0.491 e. The average molecular weight is 256 g/mol. The lowest BCUT2D eigenvalue weighted by atomic mass is 10.2. The zero-order chi connectivity index (χ0) is 13.3. The Morgan fingerprint density at radius 1 is 1.16 bits per heavy atom. The predicted molar refractivity (Wildman–Crippen MR) is 74.8 cm³/mol. The third-order valence-corrected chi connectivity index (χ3v) is 2.47. The van der Waals surface area contributed by atoms with Crippen LogP contribution in [0.2, 0.25) is 0 Å². The van der Waals surface area contributed by atoms with E-state index in [2.05, 4.69) is 9.97 Å². The highest BCUT2D eigenvalue weighted by Crippen LogP contribution is 2.15. The first-order valence-electron chi connectivity index (χ1n) is 6.04. The molecule has 0 unspecified atom stereocenters. The molecule has 2 rings (SSSR count). The van der Waals surface area contributed by atoms with Crippen LogP contribution in [0.4, 0.5) is 0 Å². The molecule has 1 heterocycles. The Hall–Kier alpha value is -2.20. The molecule has 0 bridgehead atoms. The van der Waals surface area contributed by atoms with E-state index < -0.39 is 0 Å². The topological polar surface area (TPSA) is 44.2 Å². The molecule has 0 spiro atoms. The van der Waals surface area contributed by atoms with Crippen LogP contribution in [0.5, 0.6) is 5.75 Å². The second kappa shape index (κ2) is 7.28. The third-order valence-electron chi connectivity index (χ3n) is 2.47. The summed E-state index contributed by atoms with van der Waals surface area (Å²) in [6.07, 6.45) is 7.18. The molecule has 0 aliphatic carbocycles. The van der Waals surface area contributed by atoms with Crippen molar-refractivity contribution in [1.82, 2.24) is 9.97 Å². The average Bonchev–Trinajstić information content (AvgIpc) is 2.47. The van der Waals surface area contributed by atoms with Crippen molar-refractivity contribution >= 4 is 12.2 Å². The summed E-state index contributed by atoms with van der Waals surface area (Å²) in [4.78, 5) is 8.01. The SMILES string of the molecule is COCCOc1cccc(/C=C/c2ccncn2)c1. The van der Waals surface area contributed by atoms with Gasteiger partial charge in [0.1, 0.15) is 18.7 Å². The molecule has 0 radical (unpaired) electrons. The van der Waals surface area contributed by atoms with Gasteiger partial charge in [0.2, 0.25) is 0 Å². The molecule has 0 N–H and O–H groups in total. The van der Waals surface area contributed by atoms with Crippen molar-refractivity contribution in [2.75, 3.05) is 20.3 Å². The van der Waals surface area contributed by atoms with Crippen LogP contribution in [0.1, 0.15) is 11.3 Å². The van der Waals surface area contributed by atoms with Gasteiger partial charge in [-0.2, -0.15) is 0 Å². The Morgan fingerprint density at radius 2 is 2.11 bits per heavy atom. The lowest BCUT2D eigenvalue weighted by Crippen LogP contribution is -2.04. The van der Waals surface area contributed by atoms with Crippen LogP contribution < -0.4 is 4.74 Å². The van der Waals surface area contributed by atoms with Gasteiger partial charge in [-0.05, 0) is 29.8 Å². The maximum Gasteiger partial charge on any atom is 0.120 e. The van der Waals surface area contributed by atoms with Gasteiger partial charge in [0, 0.05) is 13.3 Å². The van der Waals surface area contributed by atoms with Gasteiger partial charge in [-0.3, -0.25) is 0 Å². The highest BCUT2D eigenvalue weighted by molar-refractivity contribution is 5.68. The highest BCUT2D eigenvalue weighted by atomic mass is 16.5. The molecule has 0 aliphatic rings. The van der Waals surface area contributed by atoms with Crippen molar-refractivity contribution in [3.8, 4) is 5.75 Å². The molecule has 19 heavy (non-hydrogen) atoms. The minimum atomic E-state index is 0.551. The minimum absolute atomic E-state index is 0.551. The molecule has 2 aromatic rings. The lowest BCUT2D eigenvalue weighted by molar-refractivity contribution is 0.146. The second-order valence-corrected chi connectivity index (χ2v) is 3.88. The molecule has 0 fully saturated rings. The summed E-state index contributed by atoms with van der Waals surface area (Å²) >= 11 is 0. The van der Waals surface area contributed by atoms with E-state index in [1.807, 2.05) is 42.5 Å². The summed E-state index contributed by atoms with van der Waals surface area (Å²) in [7, 11) is 1.66. The molecule has 0 atom stereocenters. The van der Waals surface area contributed by atoms with E-state index in [1.165, 1.54) is 6.33 Å². The van der Waals surface area contributed by atoms with E-state index in [4.69, 9.17) is 9.47 Å². The van der Waals surface area contributed by atoms with E-state index in [0.717, 1.165) is 17.0 Å². The van der Waals surface area contributed by atoms with Gasteiger partial charge in [-0.15, -0.1) is 0 Å². The Balaban J connectivity index is 2.00. The standard InChI is InChI=1S/C15H16N2O2/c1-18-9-10-19-15-4-2-3-13(11-15)5-6-14-7-8-16-12-17-14/h2-8,11-12H,9-10H2,1H3/b6-5+. The number of hydrogen-bond acceptors (Lipinski definition) is 4. The molecule has 0 saturated heterocycles. The molecule has 1 aromatic heterocycles. The van der Waals surface area contributed by atoms with E-state index >= 15 is 0 Å². The molecular weight excluding hydrogens is 240 g/mol. The highest BCUT2D eigenvalue weighted by Gasteiger charge is 1.95. The Labute approximate surface area is 112 Å². The fourth-order valence-corrected chi connectivity index (χ4v) is 1.53. The van der Waals surface area contributed by atoms with Gasteiger partial charge >= 0.3 is 0 Å². The van der Waals surface area contributed by atoms with E-state index in [0.29, 0.717) is 13.2 Å². The molecule has 98 valence electrons. The molecule has 1 aromatic carbocycles. The summed E-state index contributed by atoms with van der Waals surface area (Å²) in [6.45, 7) is 1.14. The zero-order valence-corrected chi connectivity index (χ0v) is 10.8. The van der Waals surface area contributed by atoms with Gasteiger partial charge in [0.15, 0.2) is 0 Å². The van der Waals surface area contributed by atoms with Crippen molar-refractivity contribution in [3.63, 3.8) is 0 Å². The molecule has 0 saturated carbocycles. The van der Waals surface area contributed by atoms with Crippen LogP contribution >= 0.6 is 0 Å². The number of methoxy groups -OCH3 is 1. The number of hydrogen-bond donors (Lipinski definition) is 0. The van der Waals surface area contributed by atoms with Crippen molar-refractivity contribution in [2.24, 2.45) is 0 Å². The van der Waals surface area contributed by atoms with Gasteiger partial charge in [0.25, 0.3) is 0 Å². The van der Waals surface area contributed by atoms with Gasteiger partial charge in [-0.1, -0.05) is 18.2 Å². The van der Waals surface area contributed by atoms with Crippen LogP contribution in [-0.4, -0.2) is 30.3 Å². The minimum Gasteiger partial charge on any atom is -0.491 e. The van der Waals surface area contributed by atoms with Gasteiger partial charge < -0.3 is 9.47 Å². The summed E-state index contributed by atoms with van der Waals surface area (Å²) in [6, 6.07) is 9.74. The van der Waals surface area contributed by atoms with Crippen LogP contribution in [-0.2, 0) is 4.74 Å². The summed E-state index contributed by atoms with van der Waals surface area (Å²) in [5.41, 5.74) is 1.94. The Bertz CT molecular complexity index is 527. The van der Waals surface area contributed by atoms with Crippen molar-refractivity contribution in [1.29, 1.82) is 0 Å². The fraction of sp³-hybridized carbons (Fsp3) is 0.200. The Kier molecular flexibility index (Phi) is 5.07. The Morgan fingerprint density at radius 3 is 2.89 bits per heavy atom. The number of benzene rings is 1. The van der Waals surface area contributed by atoms with E-state index in [9.17, 15) is 0 Å². The van der Waals surface area contributed by atoms with Crippen LogP contribution in [0.25, 0.3) is 12.2 Å². The first-order valence-corrected chi connectivity index (χ1v) is 6.04. The number of aromatic nitrogens is 2. The van der Waals surface area contributed by atoms with Gasteiger partial charge in [-0.25, -0.2) is 9.97 Å². The monoisotopic (exact) mass is 256 g/mol. The molecule has 0 aliphatic heterocycles. The summed E-state index contributed by atoms with van der Waals surface area (Å²) in [5.74, 6) is 0.835. The van der Waals surface area contributed by atoms with Crippen LogP contribution in [0.15, 0.2) is 42.9 Å². The number of rotatable bonds is 6. The summed E-state index contributed by atoms with van der Waals surface area (Å²) < 4.78 is 10.5. The van der Waals surface area contributed by atoms with Crippen molar-refractivity contribution < 1.29 is 9.47 Å². The van der Waals surface area contributed by atoms with E-state index in [-0.39, 0.29) is 0 Å². The van der Waals surface area contributed by atoms with Crippen LogP contribution in [0, 0.1) is 0 Å². The third kappa shape index (κ3) is 4.52. The summed E-state index contributed by atoms with van der Waals surface area (Å²) in [5, 5.41) is 0. The van der Waals surface area contributed by atoms with Gasteiger partial charge in [0.05, 0.1) is 12.3 Å². The van der Waals surface area contributed by atoms with E-state index in [1.54, 1.807) is 13.3 Å². The fourth-order valence-electron chi connectivity index (χ4n) is 1.53. The van der Waals surface area contributed by atoms with Crippen molar-refractivity contribution in [2.45, 2.75) is 0 Å². The second-order valence-electron chi connectivity index (χ2n) is 3.88. The smallest absolute Gasteiger partial charge is 0.120 e. The predicted octanol–water partition coefficient (Wildman–Crippen LogP) is 2.67. The normalized spacial score (nSPS) is 10.8. The lowest BCUT2D eigenvalue weighted by Gasteiger charge is -2.05. The maximum absolute atomic E-state index is 5.55. The quantitative estimate of drug-likeness (QED) is 0.745. The molecule has 4 nitrogen and oxygen atoms in total. The maximum atomic E-state index is 5.55. The zero-order valence-electron chi connectivity index (χ0n) is 10.8. The molecule has 0 amide bonds. The molecule has 4 heteroatoms. The van der Waals surface area contributed by atoms with Crippen LogP contribution in [0.3, 0.4) is 0 Å².